The van der Waals surface area contributed by atoms with Crippen LogP contribution in [0.1, 0.15) is 28.5 Å². The van der Waals surface area contributed by atoms with Crippen molar-refractivity contribution in [2.24, 2.45) is 0 Å². The fourth-order valence-electron chi connectivity index (χ4n) is 1.95. The number of hydrogen-bond donors (Lipinski definition) is 1. The van der Waals surface area contributed by atoms with Crippen molar-refractivity contribution in [2.45, 2.75) is 20.3 Å². The van der Waals surface area contributed by atoms with Crippen LogP contribution in [0.4, 0.5) is 5.13 Å². The second kappa shape index (κ2) is 8.93. The maximum atomic E-state index is 11.9. The van der Waals surface area contributed by atoms with Crippen molar-refractivity contribution in [2.75, 3.05) is 18.5 Å². The van der Waals surface area contributed by atoms with Gasteiger partial charge in [-0.1, -0.05) is 17.7 Å². The molecule has 0 spiro atoms. The minimum atomic E-state index is -0.569. The number of carbonyl (C=O) groups excluding carboxylic acids is 3. The van der Waals surface area contributed by atoms with Gasteiger partial charge in [0, 0.05) is 5.38 Å². The van der Waals surface area contributed by atoms with Crippen molar-refractivity contribution in [3.63, 3.8) is 0 Å². The van der Waals surface area contributed by atoms with E-state index in [-0.39, 0.29) is 12.4 Å². The van der Waals surface area contributed by atoms with Crippen LogP contribution in [0.15, 0.2) is 29.6 Å². The lowest BCUT2D eigenvalue weighted by Crippen LogP contribution is -2.21. The molecule has 8 heteroatoms. The summed E-state index contributed by atoms with van der Waals surface area (Å²) in [4.78, 5) is 39.2. The lowest BCUT2D eigenvalue weighted by atomic mass is 10.1. The first-order valence-corrected chi connectivity index (χ1v) is 8.49. The zero-order valence-electron chi connectivity index (χ0n) is 13.9. The number of benzene rings is 1. The molecule has 1 amide bonds. The van der Waals surface area contributed by atoms with Crippen molar-refractivity contribution in [1.82, 2.24) is 4.98 Å². The Bertz CT molecular complexity index is 772. The zero-order chi connectivity index (χ0) is 18.2. The smallest absolute Gasteiger partial charge is 0.338 e. The zero-order valence-corrected chi connectivity index (χ0v) is 14.7. The number of aromatic nitrogens is 1. The first kappa shape index (κ1) is 18.6. The van der Waals surface area contributed by atoms with E-state index in [4.69, 9.17) is 9.47 Å². The van der Waals surface area contributed by atoms with E-state index >= 15 is 0 Å². The average Bonchev–Trinajstić information content (AvgIpc) is 2.99. The van der Waals surface area contributed by atoms with Gasteiger partial charge in [-0.3, -0.25) is 14.9 Å². The molecule has 0 fully saturated rings. The van der Waals surface area contributed by atoms with Crippen LogP contribution in [0, 0.1) is 6.92 Å². The molecular formula is C17H18N2O5S. The van der Waals surface area contributed by atoms with Gasteiger partial charge in [-0.15, -0.1) is 11.3 Å². The molecule has 132 valence electrons. The SMILES string of the molecule is CCOC(=O)Cc1csc(NC(=O)COC(=O)c2cccc(C)c2)n1. The van der Waals surface area contributed by atoms with Crippen LogP contribution < -0.4 is 5.32 Å². The molecule has 1 N–H and O–H groups in total. The number of aryl methyl sites for hydroxylation is 1. The fourth-order valence-corrected chi connectivity index (χ4v) is 2.67. The summed E-state index contributed by atoms with van der Waals surface area (Å²) in [5, 5.41) is 4.51. The fraction of sp³-hybridized carbons (Fsp3) is 0.294. The minimum Gasteiger partial charge on any atom is -0.466 e. The topological polar surface area (TPSA) is 94.6 Å². The quantitative estimate of drug-likeness (QED) is 0.760. The van der Waals surface area contributed by atoms with E-state index in [0.717, 1.165) is 5.56 Å². The minimum absolute atomic E-state index is 0.0442. The lowest BCUT2D eigenvalue weighted by Gasteiger charge is -2.05. The molecule has 0 unspecified atom stereocenters. The third-order valence-corrected chi connectivity index (χ3v) is 3.82. The molecular weight excluding hydrogens is 344 g/mol. The normalized spacial score (nSPS) is 10.2. The Balaban J connectivity index is 1.81. The van der Waals surface area contributed by atoms with Gasteiger partial charge < -0.3 is 9.47 Å². The van der Waals surface area contributed by atoms with Crippen LogP contribution in [0.3, 0.4) is 0 Å². The molecule has 0 atom stereocenters. The molecule has 2 aromatic rings. The molecule has 0 saturated heterocycles. The van der Waals surface area contributed by atoms with E-state index in [1.54, 1.807) is 30.5 Å². The van der Waals surface area contributed by atoms with Crippen LogP contribution >= 0.6 is 11.3 Å². The number of ether oxygens (including phenoxy) is 2. The van der Waals surface area contributed by atoms with Gasteiger partial charge in [0.05, 0.1) is 24.3 Å². The molecule has 0 radical (unpaired) electrons. The average molecular weight is 362 g/mol. The van der Waals surface area contributed by atoms with Gasteiger partial charge in [-0.2, -0.15) is 0 Å². The molecule has 25 heavy (non-hydrogen) atoms. The third kappa shape index (κ3) is 6.00. The summed E-state index contributed by atoms with van der Waals surface area (Å²) in [6.45, 7) is 3.47. The summed E-state index contributed by atoms with van der Waals surface area (Å²) in [5.41, 5.74) is 1.82. The van der Waals surface area contributed by atoms with E-state index in [1.165, 1.54) is 11.3 Å². The highest BCUT2D eigenvalue weighted by atomic mass is 32.1. The van der Waals surface area contributed by atoms with Crippen molar-refractivity contribution >= 4 is 34.3 Å². The second-order valence-electron chi connectivity index (χ2n) is 5.12. The Morgan fingerprint density at radius 2 is 2.04 bits per heavy atom. The van der Waals surface area contributed by atoms with E-state index in [9.17, 15) is 14.4 Å². The molecule has 0 aliphatic rings. The van der Waals surface area contributed by atoms with E-state index < -0.39 is 18.5 Å². The Morgan fingerprint density at radius 1 is 1.24 bits per heavy atom. The van der Waals surface area contributed by atoms with Crippen LogP contribution in [0.25, 0.3) is 0 Å². The number of thiazole rings is 1. The highest BCUT2D eigenvalue weighted by molar-refractivity contribution is 7.13. The second-order valence-corrected chi connectivity index (χ2v) is 5.98. The Hall–Kier alpha value is -2.74. The van der Waals surface area contributed by atoms with Crippen LogP contribution in [0.2, 0.25) is 0 Å². The Morgan fingerprint density at radius 3 is 2.76 bits per heavy atom. The number of amides is 1. The molecule has 0 aliphatic carbocycles. The molecule has 1 heterocycles. The summed E-state index contributed by atoms with van der Waals surface area (Å²) in [6, 6.07) is 6.91. The van der Waals surface area contributed by atoms with Gasteiger partial charge in [-0.05, 0) is 26.0 Å². The van der Waals surface area contributed by atoms with Gasteiger partial charge in [0.2, 0.25) is 0 Å². The highest BCUT2D eigenvalue weighted by Gasteiger charge is 2.13. The Kier molecular flexibility index (Phi) is 6.64. The van der Waals surface area contributed by atoms with Crippen molar-refractivity contribution in [1.29, 1.82) is 0 Å². The summed E-state index contributed by atoms with van der Waals surface area (Å²) in [6.07, 6.45) is 0.0442. The number of hydrogen-bond acceptors (Lipinski definition) is 7. The van der Waals surface area contributed by atoms with Crippen molar-refractivity contribution < 1.29 is 23.9 Å². The van der Waals surface area contributed by atoms with Gasteiger partial charge in [0.25, 0.3) is 5.91 Å². The van der Waals surface area contributed by atoms with Gasteiger partial charge >= 0.3 is 11.9 Å². The van der Waals surface area contributed by atoms with E-state index in [0.29, 0.717) is 23.0 Å². The number of esters is 2. The molecule has 0 saturated carbocycles. The maximum absolute atomic E-state index is 11.9. The summed E-state index contributed by atoms with van der Waals surface area (Å²) in [5.74, 6) is -1.45. The molecule has 1 aromatic heterocycles. The maximum Gasteiger partial charge on any atom is 0.338 e. The van der Waals surface area contributed by atoms with Crippen LogP contribution in [-0.2, 0) is 25.5 Å². The van der Waals surface area contributed by atoms with Crippen LogP contribution in [0.5, 0.6) is 0 Å². The number of rotatable bonds is 7. The van der Waals surface area contributed by atoms with Gasteiger partial charge in [-0.25, -0.2) is 9.78 Å². The summed E-state index contributed by atoms with van der Waals surface area (Å²) >= 11 is 1.18. The van der Waals surface area contributed by atoms with E-state index in [1.807, 2.05) is 13.0 Å². The highest BCUT2D eigenvalue weighted by Crippen LogP contribution is 2.16. The van der Waals surface area contributed by atoms with Gasteiger partial charge in [0.15, 0.2) is 11.7 Å². The largest absolute Gasteiger partial charge is 0.466 e. The first-order valence-electron chi connectivity index (χ1n) is 7.61. The number of nitrogens with zero attached hydrogens (tertiary/aromatic N) is 1. The van der Waals surface area contributed by atoms with Gasteiger partial charge in [0.1, 0.15) is 0 Å². The molecule has 2 rings (SSSR count). The monoisotopic (exact) mass is 362 g/mol. The number of carbonyl (C=O) groups is 3. The Labute approximate surface area is 149 Å². The van der Waals surface area contributed by atoms with Crippen molar-refractivity contribution in [3.8, 4) is 0 Å². The number of nitrogens with one attached hydrogen (secondary N) is 1. The van der Waals surface area contributed by atoms with E-state index in [2.05, 4.69) is 10.3 Å². The first-order chi connectivity index (χ1) is 12.0. The number of anilines is 1. The van der Waals surface area contributed by atoms with Crippen LogP contribution in [-0.4, -0.2) is 36.0 Å². The standard InChI is InChI=1S/C17H18N2O5S/c1-3-23-15(21)8-13-10-25-17(18-13)19-14(20)9-24-16(22)12-6-4-5-11(2)7-12/h4-7,10H,3,8-9H2,1-2H3,(H,18,19,20). The third-order valence-electron chi connectivity index (χ3n) is 3.02. The molecule has 0 aliphatic heterocycles. The molecule has 0 bridgehead atoms. The molecule has 7 nitrogen and oxygen atoms in total. The molecule has 1 aromatic carbocycles. The van der Waals surface area contributed by atoms with Crippen molar-refractivity contribution in [3.05, 3.63) is 46.5 Å². The predicted octanol–water partition coefficient (Wildman–Crippen LogP) is 2.35. The predicted molar refractivity (Wildman–Crippen MR) is 92.5 cm³/mol. The summed E-state index contributed by atoms with van der Waals surface area (Å²) < 4.78 is 9.80. The lowest BCUT2D eigenvalue weighted by molar-refractivity contribution is -0.142. The summed E-state index contributed by atoms with van der Waals surface area (Å²) in [7, 11) is 0.